The topological polar surface area (TPSA) is 33.2 Å². The van der Waals surface area contributed by atoms with Crippen molar-refractivity contribution in [2.45, 2.75) is 39.5 Å². The molecule has 1 fully saturated rings. The number of aromatic nitrogens is 1. The Hall–Kier alpha value is -0.900. The second-order valence-electron chi connectivity index (χ2n) is 4.95. The van der Waals surface area contributed by atoms with Crippen LogP contribution in [0.2, 0.25) is 0 Å². The number of likely N-dealkylation sites (tertiary alicyclic amines) is 1. The van der Waals surface area contributed by atoms with Crippen LogP contribution in [-0.2, 0) is 11.2 Å². The predicted octanol–water partition coefficient (Wildman–Crippen LogP) is 2.64. The minimum Gasteiger partial charge on any atom is -0.343 e. The van der Waals surface area contributed by atoms with E-state index in [9.17, 15) is 4.79 Å². The summed E-state index contributed by atoms with van der Waals surface area (Å²) in [5, 5.41) is 3.13. The number of carbonyl (C=O) groups excluding carboxylic acids is 1. The molecule has 94 valence electrons. The van der Waals surface area contributed by atoms with E-state index in [4.69, 9.17) is 0 Å². The Morgan fingerprint density at radius 3 is 2.82 bits per heavy atom. The molecule has 1 amide bonds. The normalized spacial score (nSPS) is 17.4. The quantitative estimate of drug-likeness (QED) is 0.828. The summed E-state index contributed by atoms with van der Waals surface area (Å²) in [5.41, 5.74) is 1.06. The Morgan fingerprint density at radius 1 is 1.53 bits per heavy atom. The van der Waals surface area contributed by atoms with Gasteiger partial charge in [-0.2, -0.15) is 0 Å². The minimum absolute atomic E-state index is 0.296. The molecule has 0 saturated carbocycles. The fourth-order valence-electron chi connectivity index (χ4n) is 2.15. The third-order valence-corrected chi connectivity index (χ3v) is 4.38. The van der Waals surface area contributed by atoms with Crippen LogP contribution in [0, 0.1) is 12.8 Å². The highest BCUT2D eigenvalue weighted by Gasteiger charge is 2.20. The number of amides is 1. The van der Waals surface area contributed by atoms with Gasteiger partial charge in [-0.1, -0.05) is 6.92 Å². The van der Waals surface area contributed by atoms with Gasteiger partial charge in [0.15, 0.2) is 0 Å². The zero-order valence-electron chi connectivity index (χ0n) is 10.6. The highest BCUT2D eigenvalue weighted by atomic mass is 32.1. The monoisotopic (exact) mass is 252 g/mol. The van der Waals surface area contributed by atoms with Crippen molar-refractivity contribution in [3.63, 3.8) is 0 Å². The van der Waals surface area contributed by atoms with Crippen LogP contribution in [0.4, 0.5) is 0 Å². The molecule has 0 bridgehead atoms. The Morgan fingerprint density at radius 2 is 2.24 bits per heavy atom. The molecule has 4 heteroatoms. The lowest BCUT2D eigenvalue weighted by atomic mass is 9.99. The van der Waals surface area contributed by atoms with Gasteiger partial charge in [0.25, 0.3) is 0 Å². The van der Waals surface area contributed by atoms with E-state index in [-0.39, 0.29) is 0 Å². The number of piperidine rings is 1. The van der Waals surface area contributed by atoms with E-state index in [2.05, 4.69) is 11.9 Å². The summed E-state index contributed by atoms with van der Waals surface area (Å²) in [6, 6.07) is 0. The van der Waals surface area contributed by atoms with Crippen LogP contribution in [0.1, 0.15) is 36.9 Å². The van der Waals surface area contributed by atoms with Crippen LogP contribution in [0.25, 0.3) is 0 Å². The number of thiazole rings is 1. The zero-order valence-corrected chi connectivity index (χ0v) is 11.4. The Bertz CT molecular complexity index is 381. The number of aryl methyl sites for hydroxylation is 2. The first kappa shape index (κ1) is 12.6. The lowest BCUT2D eigenvalue weighted by Gasteiger charge is -2.30. The molecule has 0 aromatic carbocycles. The summed E-state index contributed by atoms with van der Waals surface area (Å²) in [5.74, 6) is 1.07. The van der Waals surface area contributed by atoms with Crippen LogP contribution in [0.5, 0.6) is 0 Å². The van der Waals surface area contributed by atoms with Crippen molar-refractivity contribution in [3.05, 3.63) is 16.1 Å². The molecule has 1 aliphatic heterocycles. The Labute approximate surface area is 107 Å². The smallest absolute Gasteiger partial charge is 0.222 e. The molecule has 1 aliphatic rings. The first-order chi connectivity index (χ1) is 8.15. The van der Waals surface area contributed by atoms with E-state index in [1.165, 1.54) is 0 Å². The van der Waals surface area contributed by atoms with E-state index in [1.807, 2.05) is 17.2 Å². The first-order valence-corrected chi connectivity index (χ1v) is 7.22. The molecule has 2 heterocycles. The molecule has 1 aromatic rings. The Kier molecular flexibility index (Phi) is 4.15. The van der Waals surface area contributed by atoms with Crippen LogP contribution in [0.3, 0.4) is 0 Å². The lowest BCUT2D eigenvalue weighted by molar-refractivity contribution is -0.132. The maximum atomic E-state index is 12.0. The number of hydrogen-bond donors (Lipinski definition) is 0. The lowest BCUT2D eigenvalue weighted by Crippen LogP contribution is -2.37. The molecule has 1 aromatic heterocycles. The molecule has 17 heavy (non-hydrogen) atoms. The largest absolute Gasteiger partial charge is 0.343 e. The average Bonchev–Trinajstić information content (AvgIpc) is 2.73. The average molecular weight is 252 g/mol. The number of rotatable bonds is 3. The van der Waals surface area contributed by atoms with E-state index >= 15 is 0 Å². The fraction of sp³-hybridized carbons (Fsp3) is 0.692. The Balaban J connectivity index is 1.77. The van der Waals surface area contributed by atoms with E-state index < -0.39 is 0 Å². The van der Waals surface area contributed by atoms with E-state index in [0.717, 1.165) is 49.0 Å². The maximum absolute atomic E-state index is 12.0. The SMILES string of the molecule is Cc1csc(CCC(=O)N2CCC(C)CC2)n1. The van der Waals surface area contributed by atoms with E-state index in [1.54, 1.807) is 11.3 Å². The van der Waals surface area contributed by atoms with Crippen molar-refractivity contribution in [2.24, 2.45) is 5.92 Å². The predicted molar refractivity (Wildman–Crippen MR) is 70.2 cm³/mol. The molecule has 0 atom stereocenters. The van der Waals surface area contributed by atoms with Gasteiger partial charge in [-0.3, -0.25) is 4.79 Å². The van der Waals surface area contributed by atoms with Gasteiger partial charge in [-0.25, -0.2) is 4.98 Å². The number of hydrogen-bond acceptors (Lipinski definition) is 3. The van der Waals surface area contributed by atoms with Gasteiger partial charge in [0.2, 0.25) is 5.91 Å². The van der Waals surface area contributed by atoms with Gasteiger partial charge in [-0.05, 0) is 25.7 Å². The summed E-state index contributed by atoms with van der Waals surface area (Å²) < 4.78 is 0. The van der Waals surface area contributed by atoms with Crippen LogP contribution in [0.15, 0.2) is 5.38 Å². The van der Waals surface area contributed by atoms with Gasteiger partial charge in [0, 0.05) is 37.0 Å². The molecule has 0 N–H and O–H groups in total. The third-order valence-electron chi connectivity index (χ3n) is 3.36. The van der Waals surface area contributed by atoms with Gasteiger partial charge < -0.3 is 4.90 Å². The second kappa shape index (κ2) is 5.63. The standard InChI is InChI=1S/C13H20N2OS/c1-10-5-7-15(8-6-10)13(16)4-3-12-14-11(2)9-17-12/h9-10H,3-8H2,1-2H3. The molecular weight excluding hydrogens is 232 g/mol. The summed E-state index contributed by atoms with van der Waals surface area (Å²) in [4.78, 5) is 18.4. The van der Waals surface area contributed by atoms with Crippen LogP contribution >= 0.6 is 11.3 Å². The molecule has 0 radical (unpaired) electrons. The third kappa shape index (κ3) is 3.53. The molecule has 0 spiro atoms. The maximum Gasteiger partial charge on any atom is 0.222 e. The highest BCUT2D eigenvalue weighted by Crippen LogP contribution is 2.17. The van der Waals surface area contributed by atoms with Gasteiger partial charge in [0.1, 0.15) is 0 Å². The van der Waals surface area contributed by atoms with Crippen LogP contribution < -0.4 is 0 Å². The summed E-state index contributed by atoms with van der Waals surface area (Å²) >= 11 is 1.66. The summed E-state index contributed by atoms with van der Waals surface area (Å²) in [6.07, 6.45) is 3.72. The number of nitrogens with zero attached hydrogens (tertiary/aromatic N) is 2. The fourth-order valence-corrected chi connectivity index (χ4v) is 2.92. The molecular formula is C13H20N2OS. The van der Waals surface area contributed by atoms with Crippen molar-refractivity contribution in [1.29, 1.82) is 0 Å². The van der Waals surface area contributed by atoms with Crippen LogP contribution in [-0.4, -0.2) is 28.9 Å². The van der Waals surface area contributed by atoms with Gasteiger partial charge in [0.05, 0.1) is 5.01 Å². The van der Waals surface area contributed by atoms with Crippen molar-refractivity contribution in [2.75, 3.05) is 13.1 Å². The second-order valence-corrected chi connectivity index (χ2v) is 5.89. The molecule has 2 rings (SSSR count). The molecule has 0 aliphatic carbocycles. The van der Waals surface area contributed by atoms with Crippen molar-refractivity contribution in [1.82, 2.24) is 9.88 Å². The van der Waals surface area contributed by atoms with Crippen molar-refractivity contribution >= 4 is 17.2 Å². The molecule has 0 unspecified atom stereocenters. The minimum atomic E-state index is 0.296. The number of carbonyl (C=O) groups is 1. The highest BCUT2D eigenvalue weighted by molar-refractivity contribution is 7.09. The van der Waals surface area contributed by atoms with Crippen molar-refractivity contribution in [3.8, 4) is 0 Å². The summed E-state index contributed by atoms with van der Waals surface area (Å²) in [7, 11) is 0. The molecule has 1 saturated heterocycles. The zero-order chi connectivity index (χ0) is 12.3. The van der Waals surface area contributed by atoms with Gasteiger partial charge in [-0.15, -0.1) is 11.3 Å². The van der Waals surface area contributed by atoms with Gasteiger partial charge >= 0.3 is 0 Å². The van der Waals surface area contributed by atoms with E-state index in [0.29, 0.717) is 12.3 Å². The summed E-state index contributed by atoms with van der Waals surface area (Å²) in [6.45, 7) is 6.14. The van der Waals surface area contributed by atoms with Crippen molar-refractivity contribution < 1.29 is 4.79 Å². The first-order valence-electron chi connectivity index (χ1n) is 6.34. The molecule has 3 nitrogen and oxygen atoms in total.